The maximum Gasteiger partial charge on any atom is 0.0589 e. The van der Waals surface area contributed by atoms with E-state index < -0.39 is 0 Å². The molecule has 0 amide bonds. The highest BCUT2D eigenvalue weighted by atomic mass is 32.2. The van der Waals surface area contributed by atoms with Crippen molar-refractivity contribution >= 4 is 16.4 Å². The molecule has 0 spiro atoms. The molecule has 1 aliphatic rings. The zero-order chi connectivity index (χ0) is 7.56. The number of hydrogen-bond donors (Lipinski definition) is 0. The molecule has 1 saturated heterocycles. The third-order valence-corrected chi connectivity index (χ3v) is 4.29. The van der Waals surface area contributed by atoms with Crippen LogP contribution in [0.3, 0.4) is 0 Å². The second-order valence-corrected chi connectivity index (χ2v) is 5.22. The lowest BCUT2D eigenvalue weighted by atomic mass is 10.1. The van der Waals surface area contributed by atoms with Crippen molar-refractivity contribution in [2.24, 2.45) is 0 Å². The monoisotopic (exact) mass is 160 g/mol. The topological polar surface area (TPSA) is 9.23 Å². The molecule has 0 saturated carbocycles. The van der Waals surface area contributed by atoms with Gasteiger partial charge in [-0.1, -0.05) is 12.8 Å². The zero-order valence-corrected chi connectivity index (χ0v) is 7.62. The molecule has 0 N–H and O–H groups in total. The highest BCUT2D eigenvalue weighted by Crippen LogP contribution is 2.30. The van der Waals surface area contributed by atoms with Crippen LogP contribution in [0.25, 0.3) is 0 Å². The summed E-state index contributed by atoms with van der Waals surface area (Å²) in [4.78, 5) is 0. The molecule has 2 heteroatoms. The minimum atomic E-state index is 0.413. The Kier molecular flexibility index (Phi) is 2.93. The van der Waals surface area contributed by atoms with Crippen LogP contribution in [0.4, 0.5) is 0 Å². The average molecular weight is 160 g/mol. The van der Waals surface area contributed by atoms with Crippen LogP contribution in [-0.2, 0) is 4.74 Å². The second kappa shape index (κ2) is 3.54. The van der Waals surface area contributed by atoms with E-state index in [0.717, 1.165) is 5.25 Å². The molecular formula is C8H16OS. The van der Waals surface area contributed by atoms with E-state index in [1.807, 2.05) is 7.11 Å². The van der Waals surface area contributed by atoms with E-state index in [9.17, 15) is 0 Å². The molecular weight excluding hydrogens is 144 g/mol. The van der Waals surface area contributed by atoms with Crippen LogP contribution >= 0.6 is 10.5 Å². The number of rotatable bonds is 1. The quantitative estimate of drug-likeness (QED) is 0.532. The Morgan fingerprint density at radius 3 is 2.80 bits per heavy atom. The number of ether oxygens (including phenoxy) is 1. The highest BCUT2D eigenvalue weighted by molar-refractivity contribution is 8.14. The van der Waals surface area contributed by atoms with E-state index >= 15 is 0 Å². The molecule has 3 unspecified atom stereocenters. The van der Waals surface area contributed by atoms with Gasteiger partial charge in [-0.05, 0) is 23.8 Å². The normalized spacial score (nSPS) is 41.6. The number of hydrogen-bond acceptors (Lipinski definition) is 1. The van der Waals surface area contributed by atoms with Crippen molar-refractivity contribution in [1.29, 1.82) is 0 Å². The van der Waals surface area contributed by atoms with Gasteiger partial charge in [0.2, 0.25) is 0 Å². The summed E-state index contributed by atoms with van der Waals surface area (Å²) in [6, 6.07) is 0. The van der Waals surface area contributed by atoms with Crippen molar-refractivity contribution in [2.75, 3.05) is 12.9 Å². The third kappa shape index (κ3) is 1.83. The summed E-state index contributed by atoms with van der Waals surface area (Å²) >= 11 is 0. The lowest BCUT2D eigenvalue weighted by molar-refractivity contribution is 0.0908. The SMILES string of the molecule is C=S1CCC(OC)CC1C. The molecule has 1 rings (SSSR count). The zero-order valence-electron chi connectivity index (χ0n) is 6.80. The summed E-state index contributed by atoms with van der Waals surface area (Å²) in [5.41, 5.74) is 0. The lowest BCUT2D eigenvalue weighted by Crippen LogP contribution is -2.23. The van der Waals surface area contributed by atoms with Crippen LogP contribution in [0.5, 0.6) is 0 Å². The van der Waals surface area contributed by atoms with E-state index in [1.165, 1.54) is 18.6 Å². The van der Waals surface area contributed by atoms with E-state index in [-0.39, 0.29) is 0 Å². The van der Waals surface area contributed by atoms with Crippen molar-refractivity contribution in [2.45, 2.75) is 31.1 Å². The van der Waals surface area contributed by atoms with Crippen molar-refractivity contribution in [3.8, 4) is 0 Å². The van der Waals surface area contributed by atoms with Gasteiger partial charge in [-0.25, -0.2) is 0 Å². The minimum absolute atomic E-state index is 0.413. The van der Waals surface area contributed by atoms with Gasteiger partial charge in [0.25, 0.3) is 0 Å². The third-order valence-electron chi connectivity index (χ3n) is 2.20. The van der Waals surface area contributed by atoms with Crippen molar-refractivity contribution in [1.82, 2.24) is 0 Å². The molecule has 1 aliphatic heterocycles. The van der Waals surface area contributed by atoms with Gasteiger partial charge in [0.1, 0.15) is 0 Å². The smallest absolute Gasteiger partial charge is 0.0589 e. The Balaban J connectivity index is 2.40. The van der Waals surface area contributed by atoms with Crippen LogP contribution < -0.4 is 0 Å². The molecule has 1 fully saturated rings. The Morgan fingerprint density at radius 2 is 2.30 bits per heavy atom. The Labute approximate surface area is 65.7 Å². The molecule has 0 bridgehead atoms. The first-order valence-electron chi connectivity index (χ1n) is 3.76. The summed E-state index contributed by atoms with van der Waals surface area (Å²) < 4.78 is 5.29. The predicted molar refractivity (Wildman–Crippen MR) is 49.1 cm³/mol. The Bertz CT molecular complexity index is 133. The maximum atomic E-state index is 5.29. The molecule has 0 radical (unpaired) electrons. The largest absolute Gasteiger partial charge is 0.381 e. The summed E-state index contributed by atoms with van der Waals surface area (Å²) in [5.74, 6) is 5.38. The van der Waals surface area contributed by atoms with Gasteiger partial charge in [-0.2, -0.15) is 10.5 Å². The van der Waals surface area contributed by atoms with Crippen LogP contribution in [0.1, 0.15) is 19.8 Å². The molecule has 0 aliphatic carbocycles. The minimum Gasteiger partial charge on any atom is -0.381 e. The van der Waals surface area contributed by atoms with Gasteiger partial charge in [-0.15, -0.1) is 0 Å². The average Bonchev–Trinajstić information content (AvgIpc) is 1.95. The molecule has 10 heavy (non-hydrogen) atoms. The lowest BCUT2D eigenvalue weighted by Gasteiger charge is -2.28. The summed E-state index contributed by atoms with van der Waals surface area (Å²) in [6.45, 7) is 2.28. The van der Waals surface area contributed by atoms with E-state index in [0.29, 0.717) is 16.6 Å². The summed E-state index contributed by atoms with van der Waals surface area (Å²) in [5, 5.41) is 0.777. The summed E-state index contributed by atoms with van der Waals surface area (Å²) in [6.07, 6.45) is 2.94. The molecule has 0 aromatic heterocycles. The van der Waals surface area contributed by atoms with Crippen molar-refractivity contribution in [3.05, 3.63) is 0 Å². The van der Waals surface area contributed by atoms with Gasteiger partial charge in [0.05, 0.1) is 6.10 Å². The van der Waals surface area contributed by atoms with Gasteiger partial charge < -0.3 is 4.74 Å². The fourth-order valence-corrected chi connectivity index (χ4v) is 2.78. The molecule has 60 valence electrons. The van der Waals surface area contributed by atoms with E-state index in [2.05, 4.69) is 12.8 Å². The first kappa shape index (κ1) is 8.28. The second-order valence-electron chi connectivity index (χ2n) is 2.93. The van der Waals surface area contributed by atoms with Gasteiger partial charge in [-0.3, -0.25) is 0 Å². The first-order valence-corrected chi connectivity index (χ1v) is 5.39. The highest BCUT2D eigenvalue weighted by Gasteiger charge is 2.19. The van der Waals surface area contributed by atoms with Crippen molar-refractivity contribution < 1.29 is 4.74 Å². The Morgan fingerprint density at radius 1 is 1.60 bits per heavy atom. The molecule has 3 atom stereocenters. The van der Waals surface area contributed by atoms with Gasteiger partial charge in [0, 0.05) is 7.11 Å². The molecule has 0 aromatic rings. The molecule has 1 heterocycles. The fourth-order valence-electron chi connectivity index (χ4n) is 1.32. The maximum absolute atomic E-state index is 5.29. The van der Waals surface area contributed by atoms with Crippen molar-refractivity contribution in [3.63, 3.8) is 0 Å². The van der Waals surface area contributed by atoms with Gasteiger partial charge >= 0.3 is 0 Å². The van der Waals surface area contributed by atoms with Crippen LogP contribution in [-0.4, -0.2) is 30.1 Å². The molecule has 1 nitrogen and oxygen atoms in total. The summed E-state index contributed by atoms with van der Waals surface area (Å²) in [7, 11) is 2.22. The van der Waals surface area contributed by atoms with Gasteiger partial charge in [0.15, 0.2) is 0 Å². The predicted octanol–water partition coefficient (Wildman–Crippen LogP) is 1.88. The fraction of sp³-hybridized carbons (Fsp3) is 0.875. The standard InChI is InChI=1S/C8H16OS/c1-7-6-8(9-2)4-5-10(7)3/h7-8H,3-6H2,1-2H3. The number of methoxy groups -OCH3 is 1. The van der Waals surface area contributed by atoms with Crippen LogP contribution in [0.2, 0.25) is 0 Å². The van der Waals surface area contributed by atoms with Crippen LogP contribution in [0.15, 0.2) is 0 Å². The molecule has 0 aromatic carbocycles. The Hall–Kier alpha value is 0.180. The van der Waals surface area contributed by atoms with Crippen LogP contribution in [0, 0.1) is 0 Å². The first-order chi connectivity index (χ1) is 4.74. The van der Waals surface area contributed by atoms with E-state index in [4.69, 9.17) is 4.74 Å². The van der Waals surface area contributed by atoms with E-state index in [1.54, 1.807) is 0 Å².